The lowest BCUT2D eigenvalue weighted by Gasteiger charge is -2.15. The van der Waals surface area contributed by atoms with Crippen LogP contribution in [0.5, 0.6) is 0 Å². The Morgan fingerprint density at radius 2 is 2.06 bits per heavy atom. The van der Waals surface area contributed by atoms with Crippen LogP contribution in [0.25, 0.3) is 0 Å². The highest BCUT2D eigenvalue weighted by molar-refractivity contribution is 5.76. The zero-order chi connectivity index (χ0) is 13.5. The molecule has 0 unspecified atom stereocenters. The van der Waals surface area contributed by atoms with Crippen LogP contribution >= 0.6 is 0 Å². The quantitative estimate of drug-likeness (QED) is 0.816. The van der Waals surface area contributed by atoms with Crippen molar-refractivity contribution in [1.29, 1.82) is 0 Å². The van der Waals surface area contributed by atoms with Crippen molar-refractivity contribution in [2.24, 2.45) is 0 Å². The van der Waals surface area contributed by atoms with Gasteiger partial charge in [0.1, 0.15) is 5.82 Å². The first-order chi connectivity index (χ1) is 8.49. The van der Waals surface area contributed by atoms with Crippen LogP contribution in [-0.4, -0.2) is 18.5 Å². The molecule has 0 bridgehead atoms. The van der Waals surface area contributed by atoms with Crippen LogP contribution in [0.4, 0.5) is 4.39 Å². The summed E-state index contributed by atoms with van der Waals surface area (Å²) in [4.78, 5) is 11.6. The minimum atomic E-state index is -0.282. The molecule has 4 heteroatoms. The highest BCUT2D eigenvalue weighted by Gasteiger charge is 2.09. The number of benzene rings is 1. The number of amides is 1. The van der Waals surface area contributed by atoms with Crippen molar-refractivity contribution in [1.82, 2.24) is 10.6 Å². The maximum Gasteiger partial charge on any atom is 0.221 e. The molecule has 0 aliphatic carbocycles. The molecule has 0 aromatic heterocycles. The SMILES string of the molecule is CC(C)NCCC(=O)N[C@H](C)c1cccc(F)c1. The maximum absolute atomic E-state index is 13.0. The van der Waals surface area contributed by atoms with E-state index in [1.54, 1.807) is 12.1 Å². The van der Waals surface area contributed by atoms with Gasteiger partial charge in [-0.2, -0.15) is 0 Å². The van der Waals surface area contributed by atoms with Crippen molar-refractivity contribution in [3.63, 3.8) is 0 Å². The maximum atomic E-state index is 13.0. The fourth-order valence-corrected chi connectivity index (χ4v) is 1.65. The van der Waals surface area contributed by atoms with E-state index in [9.17, 15) is 9.18 Å². The second-order valence-corrected chi connectivity index (χ2v) is 4.70. The predicted molar refractivity (Wildman–Crippen MR) is 70.7 cm³/mol. The number of hydrogen-bond acceptors (Lipinski definition) is 2. The molecule has 0 fully saturated rings. The van der Waals surface area contributed by atoms with Gasteiger partial charge < -0.3 is 10.6 Å². The standard InChI is InChI=1S/C14H21FN2O/c1-10(2)16-8-7-14(18)17-11(3)12-5-4-6-13(15)9-12/h4-6,9-11,16H,7-8H2,1-3H3,(H,17,18)/t11-/m1/s1. The van der Waals surface area contributed by atoms with Crippen LogP contribution < -0.4 is 10.6 Å². The minimum Gasteiger partial charge on any atom is -0.350 e. The van der Waals surface area contributed by atoms with Crippen LogP contribution in [0.15, 0.2) is 24.3 Å². The number of nitrogens with one attached hydrogen (secondary N) is 2. The van der Waals surface area contributed by atoms with Gasteiger partial charge in [-0.3, -0.25) is 4.79 Å². The van der Waals surface area contributed by atoms with E-state index in [4.69, 9.17) is 0 Å². The van der Waals surface area contributed by atoms with Crippen LogP contribution in [0, 0.1) is 5.82 Å². The highest BCUT2D eigenvalue weighted by atomic mass is 19.1. The molecular formula is C14H21FN2O. The lowest BCUT2D eigenvalue weighted by Crippen LogP contribution is -2.31. The molecule has 0 saturated carbocycles. The summed E-state index contributed by atoms with van der Waals surface area (Å²) in [6, 6.07) is 6.49. The molecule has 1 rings (SSSR count). The first kappa shape index (κ1) is 14.6. The third-order valence-electron chi connectivity index (χ3n) is 2.63. The van der Waals surface area contributed by atoms with Gasteiger partial charge in [0.2, 0.25) is 5.91 Å². The zero-order valence-electron chi connectivity index (χ0n) is 11.2. The van der Waals surface area contributed by atoms with Gasteiger partial charge in [0.25, 0.3) is 0 Å². The molecule has 2 N–H and O–H groups in total. The third-order valence-corrected chi connectivity index (χ3v) is 2.63. The topological polar surface area (TPSA) is 41.1 Å². The predicted octanol–water partition coefficient (Wildman–Crippen LogP) is 2.39. The van der Waals surface area contributed by atoms with Gasteiger partial charge in [0, 0.05) is 19.0 Å². The zero-order valence-corrected chi connectivity index (χ0v) is 11.2. The van der Waals surface area contributed by atoms with Crippen molar-refractivity contribution >= 4 is 5.91 Å². The first-order valence-corrected chi connectivity index (χ1v) is 6.27. The van der Waals surface area contributed by atoms with Gasteiger partial charge >= 0.3 is 0 Å². The summed E-state index contributed by atoms with van der Waals surface area (Å²) >= 11 is 0. The molecule has 0 aliphatic rings. The molecule has 1 aromatic carbocycles. The largest absolute Gasteiger partial charge is 0.350 e. The van der Waals surface area contributed by atoms with Gasteiger partial charge in [-0.05, 0) is 24.6 Å². The minimum absolute atomic E-state index is 0.0279. The third kappa shape index (κ3) is 5.27. The molecule has 1 atom stereocenters. The smallest absolute Gasteiger partial charge is 0.221 e. The van der Waals surface area contributed by atoms with E-state index in [0.29, 0.717) is 19.0 Å². The van der Waals surface area contributed by atoms with Crippen molar-refractivity contribution in [3.8, 4) is 0 Å². The molecule has 0 spiro atoms. The molecule has 3 nitrogen and oxygen atoms in total. The number of halogens is 1. The lowest BCUT2D eigenvalue weighted by atomic mass is 10.1. The number of rotatable bonds is 6. The van der Waals surface area contributed by atoms with E-state index in [2.05, 4.69) is 10.6 Å². The van der Waals surface area contributed by atoms with Gasteiger partial charge in [0.05, 0.1) is 6.04 Å². The Balaban J connectivity index is 2.40. The van der Waals surface area contributed by atoms with Crippen LogP contribution in [0.3, 0.4) is 0 Å². The number of carbonyl (C=O) groups excluding carboxylic acids is 1. The van der Waals surface area contributed by atoms with E-state index in [-0.39, 0.29) is 17.8 Å². The van der Waals surface area contributed by atoms with E-state index in [1.165, 1.54) is 12.1 Å². The Morgan fingerprint density at radius 3 is 2.67 bits per heavy atom. The van der Waals surface area contributed by atoms with E-state index in [0.717, 1.165) is 5.56 Å². The Morgan fingerprint density at radius 1 is 1.33 bits per heavy atom. The monoisotopic (exact) mass is 252 g/mol. The molecule has 18 heavy (non-hydrogen) atoms. The summed E-state index contributed by atoms with van der Waals surface area (Å²) < 4.78 is 13.0. The fourth-order valence-electron chi connectivity index (χ4n) is 1.65. The summed E-state index contributed by atoms with van der Waals surface area (Å²) in [5, 5.41) is 6.03. The first-order valence-electron chi connectivity index (χ1n) is 6.27. The normalized spacial score (nSPS) is 12.5. The average Bonchev–Trinajstić information content (AvgIpc) is 2.28. The van der Waals surface area contributed by atoms with E-state index < -0.39 is 0 Å². The fraction of sp³-hybridized carbons (Fsp3) is 0.500. The summed E-state index contributed by atoms with van der Waals surface area (Å²) in [7, 11) is 0. The Hall–Kier alpha value is -1.42. The molecule has 1 aromatic rings. The van der Waals surface area contributed by atoms with Crippen LogP contribution in [0.1, 0.15) is 38.8 Å². The molecule has 0 saturated heterocycles. The molecule has 1 amide bonds. The molecule has 0 heterocycles. The van der Waals surface area contributed by atoms with Crippen molar-refractivity contribution in [2.75, 3.05) is 6.54 Å². The molecule has 100 valence electrons. The number of hydrogen-bond donors (Lipinski definition) is 2. The summed E-state index contributed by atoms with van der Waals surface area (Å²) in [6.07, 6.45) is 0.428. The summed E-state index contributed by atoms with van der Waals surface area (Å²) in [6.45, 7) is 6.57. The summed E-state index contributed by atoms with van der Waals surface area (Å²) in [5.74, 6) is -0.310. The Bertz CT molecular complexity index is 393. The van der Waals surface area contributed by atoms with Gasteiger partial charge in [-0.25, -0.2) is 4.39 Å². The van der Waals surface area contributed by atoms with Crippen LogP contribution in [-0.2, 0) is 4.79 Å². The highest BCUT2D eigenvalue weighted by Crippen LogP contribution is 2.13. The molecule has 0 radical (unpaired) electrons. The lowest BCUT2D eigenvalue weighted by molar-refractivity contribution is -0.121. The van der Waals surface area contributed by atoms with Crippen LogP contribution in [0.2, 0.25) is 0 Å². The second-order valence-electron chi connectivity index (χ2n) is 4.70. The number of carbonyl (C=O) groups is 1. The Labute approximate surface area is 108 Å². The van der Waals surface area contributed by atoms with Crippen molar-refractivity contribution in [3.05, 3.63) is 35.6 Å². The van der Waals surface area contributed by atoms with E-state index >= 15 is 0 Å². The van der Waals surface area contributed by atoms with E-state index in [1.807, 2.05) is 20.8 Å². The van der Waals surface area contributed by atoms with Gasteiger partial charge in [-0.1, -0.05) is 26.0 Å². The average molecular weight is 252 g/mol. The van der Waals surface area contributed by atoms with Crippen molar-refractivity contribution in [2.45, 2.75) is 39.3 Å². The van der Waals surface area contributed by atoms with Gasteiger partial charge in [-0.15, -0.1) is 0 Å². The second kappa shape index (κ2) is 7.11. The van der Waals surface area contributed by atoms with Gasteiger partial charge in [0.15, 0.2) is 0 Å². The van der Waals surface area contributed by atoms with Crippen molar-refractivity contribution < 1.29 is 9.18 Å². The molecule has 0 aliphatic heterocycles. The Kier molecular flexibility index (Phi) is 5.78. The molecular weight excluding hydrogens is 231 g/mol. The summed E-state index contributed by atoms with van der Waals surface area (Å²) in [5.41, 5.74) is 0.778.